The largest absolute Gasteiger partial charge is 0.364 e. The van der Waals surface area contributed by atoms with Crippen molar-refractivity contribution in [2.24, 2.45) is 5.73 Å². The van der Waals surface area contributed by atoms with Crippen molar-refractivity contribution in [3.63, 3.8) is 0 Å². The van der Waals surface area contributed by atoms with Gasteiger partial charge in [0.25, 0.3) is 10.9 Å². The highest BCUT2D eigenvalue weighted by molar-refractivity contribution is 14.2. The number of nitrogens with one attached hydrogen (secondary N) is 1. The fraction of sp³-hybridized carbons (Fsp3) is 0.100. The molecule has 3 N–H and O–H groups in total. The van der Waals surface area contributed by atoms with Gasteiger partial charge in [-0.15, -0.1) is 0 Å². The molecule has 0 unspecified atom stereocenters. The molecular weight excluding hydrogens is 408 g/mol. The number of nitrogens with two attached hydrogens (primary N) is 1. The molecule has 1 heterocycles. The highest BCUT2D eigenvalue weighted by Gasteiger charge is 2.32. The summed E-state index contributed by atoms with van der Waals surface area (Å²) in [5.74, 6) is -1.62. The Hall–Kier alpha value is -0.630. The van der Waals surface area contributed by atoms with Crippen LogP contribution in [0.4, 0.5) is 4.39 Å². The zero-order valence-electron chi connectivity index (χ0n) is 9.54. The molecule has 0 fully saturated rings. The number of aromatic amines is 1. The third-order valence-electron chi connectivity index (χ3n) is 2.58. The van der Waals surface area contributed by atoms with Crippen molar-refractivity contribution < 1.29 is 18.3 Å². The lowest BCUT2D eigenvalue weighted by atomic mass is 10.2. The van der Waals surface area contributed by atoms with E-state index in [0.717, 1.165) is 0 Å². The molecule has 5 nitrogen and oxygen atoms in total. The van der Waals surface area contributed by atoms with E-state index in [1.54, 1.807) is 0 Å². The Kier molecular flexibility index (Phi) is 3.92. The predicted octanol–water partition coefficient (Wildman–Crippen LogP) is 2.96. The maximum Gasteiger partial charge on any atom is 0.291 e. The number of benzene rings is 1. The van der Waals surface area contributed by atoms with E-state index in [2.05, 4.69) is 4.98 Å². The first-order valence-corrected chi connectivity index (χ1v) is 9.74. The third kappa shape index (κ3) is 2.40. The first-order chi connectivity index (χ1) is 8.79. The number of carbonyl (C=O) groups is 1. The van der Waals surface area contributed by atoms with Crippen molar-refractivity contribution >= 4 is 60.8 Å². The Bertz CT molecular complexity index is 733. The van der Waals surface area contributed by atoms with Crippen LogP contribution in [0.15, 0.2) is 12.1 Å². The molecule has 0 saturated carbocycles. The van der Waals surface area contributed by atoms with Gasteiger partial charge in [-0.05, 0) is 12.1 Å². The van der Waals surface area contributed by atoms with Crippen LogP contribution in [-0.4, -0.2) is 18.0 Å². The van der Waals surface area contributed by atoms with Crippen molar-refractivity contribution in [1.82, 2.24) is 4.98 Å². The van der Waals surface area contributed by atoms with E-state index in [1.807, 2.05) is 0 Å². The summed E-state index contributed by atoms with van der Waals surface area (Å²) in [6, 6.07) is 2.80. The Morgan fingerprint density at radius 3 is 2.74 bits per heavy atom. The fourth-order valence-electron chi connectivity index (χ4n) is 1.74. The minimum Gasteiger partial charge on any atom is -0.364 e. The lowest BCUT2D eigenvalue weighted by molar-refractivity contribution is 0.0997. The zero-order chi connectivity index (χ0) is 14.4. The molecule has 1 atom stereocenters. The minimum absolute atomic E-state index is 0.0408. The number of H-pyrrole nitrogens is 1. The number of hydrogen-bond acceptors (Lipinski definition) is 3. The van der Waals surface area contributed by atoms with E-state index in [-0.39, 0.29) is 26.9 Å². The summed E-state index contributed by atoms with van der Waals surface area (Å²) >= 11 is 7.24. The second-order valence-electron chi connectivity index (χ2n) is 3.66. The van der Waals surface area contributed by atoms with Crippen LogP contribution in [0.5, 0.6) is 0 Å². The molecule has 0 saturated heterocycles. The van der Waals surface area contributed by atoms with E-state index in [4.69, 9.17) is 21.9 Å². The van der Waals surface area contributed by atoms with E-state index in [1.165, 1.54) is 41.3 Å². The lowest BCUT2D eigenvalue weighted by Gasteiger charge is -2.09. The standard InChI is InChI=1S/C10H8ClFIN2O3P/c1-18-19(13,17)9-6-5(15-8(9)10(14)16)3-2-4(11)7(6)12/h2-3,15H,1H3,(H2,14,16)/t19-/m0/s1. The Balaban J connectivity index is 2.99. The minimum atomic E-state index is -3.42. The lowest BCUT2D eigenvalue weighted by Crippen LogP contribution is -2.20. The second kappa shape index (κ2) is 5.05. The van der Waals surface area contributed by atoms with Crippen LogP contribution in [0.3, 0.4) is 0 Å². The molecule has 0 radical (unpaired) electrons. The maximum atomic E-state index is 14.1. The first-order valence-electron chi connectivity index (χ1n) is 4.95. The maximum absolute atomic E-state index is 14.1. The van der Waals surface area contributed by atoms with Crippen LogP contribution >= 0.6 is 38.7 Å². The van der Waals surface area contributed by atoms with Gasteiger partial charge in [-0.3, -0.25) is 9.36 Å². The third-order valence-corrected chi connectivity index (χ3v) is 6.95. The Labute approximate surface area is 125 Å². The summed E-state index contributed by atoms with van der Waals surface area (Å²) in [6.45, 7) is 0. The van der Waals surface area contributed by atoms with Gasteiger partial charge in [-0.1, -0.05) is 11.6 Å². The summed E-state index contributed by atoms with van der Waals surface area (Å²) in [7, 11) is 1.21. The zero-order valence-corrected chi connectivity index (χ0v) is 13.3. The van der Waals surface area contributed by atoms with Gasteiger partial charge < -0.3 is 15.2 Å². The smallest absolute Gasteiger partial charge is 0.291 e. The molecule has 102 valence electrons. The van der Waals surface area contributed by atoms with Crippen molar-refractivity contribution in [2.75, 3.05) is 7.11 Å². The molecule has 0 bridgehead atoms. The van der Waals surface area contributed by atoms with E-state index in [9.17, 15) is 13.8 Å². The summed E-state index contributed by atoms with van der Waals surface area (Å²) in [6.07, 6.45) is 0. The molecule has 0 aliphatic rings. The van der Waals surface area contributed by atoms with Gasteiger partial charge >= 0.3 is 0 Å². The number of rotatable bonds is 3. The Morgan fingerprint density at radius 1 is 1.58 bits per heavy atom. The van der Waals surface area contributed by atoms with Crippen LogP contribution < -0.4 is 11.0 Å². The number of carbonyl (C=O) groups excluding carboxylic acids is 1. The van der Waals surface area contributed by atoms with Crippen LogP contribution in [0.1, 0.15) is 10.5 Å². The molecule has 19 heavy (non-hydrogen) atoms. The molecule has 1 amide bonds. The average molecular weight is 417 g/mol. The first kappa shape index (κ1) is 14.8. The molecule has 1 aromatic carbocycles. The van der Waals surface area contributed by atoms with Crippen molar-refractivity contribution in [3.8, 4) is 0 Å². The summed E-state index contributed by atoms with van der Waals surface area (Å²) in [4.78, 5) is 14.0. The van der Waals surface area contributed by atoms with Gasteiger partial charge in [0.2, 0.25) is 0 Å². The molecule has 9 heteroatoms. The molecule has 0 aliphatic heterocycles. The van der Waals surface area contributed by atoms with Gasteiger partial charge in [0.15, 0.2) is 5.82 Å². The van der Waals surface area contributed by atoms with Crippen LogP contribution in [0.2, 0.25) is 5.02 Å². The van der Waals surface area contributed by atoms with E-state index in [0.29, 0.717) is 0 Å². The van der Waals surface area contributed by atoms with Crippen LogP contribution in [0, 0.1) is 5.82 Å². The molecule has 2 aromatic rings. The number of hydrogen-bond donors (Lipinski definition) is 2. The highest BCUT2D eigenvalue weighted by atomic mass is 127. The molecule has 0 spiro atoms. The number of halogens is 3. The monoisotopic (exact) mass is 416 g/mol. The number of primary amides is 1. The van der Waals surface area contributed by atoms with Crippen LogP contribution in [-0.2, 0) is 9.09 Å². The van der Waals surface area contributed by atoms with Gasteiger partial charge in [0.1, 0.15) is 5.69 Å². The molecular formula is C10H8ClFIN2O3P. The van der Waals surface area contributed by atoms with Gasteiger partial charge in [-0.25, -0.2) is 4.39 Å². The van der Waals surface area contributed by atoms with Crippen molar-refractivity contribution in [1.29, 1.82) is 0 Å². The summed E-state index contributed by atoms with van der Waals surface area (Å²) in [5, 5.41) is -3.69. The number of aromatic nitrogens is 1. The fourth-order valence-corrected chi connectivity index (χ4v) is 4.45. The number of fused-ring (bicyclic) bond motifs is 1. The SMILES string of the molecule is CO[P@](=O)(I)c1c(C(N)=O)[nH]c2ccc(Cl)c(F)c12. The Morgan fingerprint density at radius 2 is 2.21 bits per heavy atom. The molecule has 0 aliphatic carbocycles. The van der Waals surface area contributed by atoms with Gasteiger partial charge in [0, 0.05) is 34.7 Å². The second-order valence-corrected chi connectivity index (χ2v) is 9.65. The summed E-state index contributed by atoms with van der Waals surface area (Å²) < 4.78 is 31.4. The highest BCUT2D eigenvalue weighted by Crippen LogP contribution is 2.56. The van der Waals surface area contributed by atoms with E-state index >= 15 is 0 Å². The average Bonchev–Trinajstić information content (AvgIpc) is 2.75. The predicted molar refractivity (Wildman–Crippen MR) is 80.1 cm³/mol. The quantitative estimate of drug-likeness (QED) is 0.596. The van der Waals surface area contributed by atoms with Crippen molar-refractivity contribution in [2.45, 2.75) is 0 Å². The van der Waals surface area contributed by atoms with Gasteiger partial charge in [-0.2, -0.15) is 0 Å². The van der Waals surface area contributed by atoms with Gasteiger partial charge in [0.05, 0.1) is 15.7 Å². The topological polar surface area (TPSA) is 85.2 Å². The normalized spacial score (nSPS) is 14.5. The number of amides is 1. The molecule has 1 aromatic heterocycles. The summed E-state index contributed by atoms with van der Waals surface area (Å²) in [5.41, 5.74) is 5.35. The van der Waals surface area contributed by atoms with Crippen molar-refractivity contribution in [3.05, 3.63) is 28.7 Å². The van der Waals surface area contributed by atoms with Crippen LogP contribution in [0.25, 0.3) is 10.9 Å². The molecule has 2 rings (SSSR count). The van der Waals surface area contributed by atoms with E-state index < -0.39 is 16.7 Å².